The first-order chi connectivity index (χ1) is 12.8. The highest BCUT2D eigenvalue weighted by molar-refractivity contribution is 9.10. The van der Waals surface area contributed by atoms with Gasteiger partial charge in [0.2, 0.25) is 0 Å². The van der Waals surface area contributed by atoms with Crippen LogP contribution in [0.5, 0.6) is 5.75 Å². The summed E-state index contributed by atoms with van der Waals surface area (Å²) in [5.41, 5.74) is 3.74. The molecule has 0 spiro atoms. The van der Waals surface area contributed by atoms with Gasteiger partial charge in [-0.25, -0.2) is 9.59 Å². The Morgan fingerprint density at radius 3 is 2.26 bits per heavy atom. The van der Waals surface area contributed by atoms with E-state index in [2.05, 4.69) is 71.5 Å². The lowest BCUT2D eigenvalue weighted by Crippen LogP contribution is -2.17. The summed E-state index contributed by atoms with van der Waals surface area (Å²) in [6, 6.07) is 14.7. The summed E-state index contributed by atoms with van der Waals surface area (Å²) >= 11 is 3.57. The summed E-state index contributed by atoms with van der Waals surface area (Å²) in [7, 11) is 0. The molecule has 0 saturated heterocycles. The third-order valence-electron chi connectivity index (χ3n) is 3.47. The summed E-state index contributed by atoms with van der Waals surface area (Å²) in [6.07, 6.45) is 0.993. The number of rotatable bonds is 7. The van der Waals surface area contributed by atoms with Gasteiger partial charge < -0.3 is 20.3 Å². The molecule has 0 aliphatic heterocycles. The largest absolute Gasteiger partial charge is 0.492 e. The molecule has 2 aromatic carbocycles. The number of carbonyl (C=O) groups is 2. The fourth-order valence-electron chi connectivity index (χ4n) is 2.29. The van der Waals surface area contributed by atoms with Crippen LogP contribution in [-0.4, -0.2) is 35.3 Å². The molecule has 3 N–H and O–H groups in total. The molecule has 2 rings (SSSR count). The van der Waals surface area contributed by atoms with Crippen LogP contribution in [-0.2, 0) is 16.1 Å². The van der Waals surface area contributed by atoms with Gasteiger partial charge >= 0.3 is 11.9 Å². The van der Waals surface area contributed by atoms with E-state index in [1.165, 1.54) is 16.7 Å². The highest BCUT2D eigenvalue weighted by Crippen LogP contribution is 2.30. The molecule has 6 nitrogen and oxygen atoms in total. The summed E-state index contributed by atoms with van der Waals surface area (Å²) in [6.45, 7) is 6.77. The number of carboxylic acid groups (broad SMARTS) is 2. The van der Waals surface area contributed by atoms with Crippen molar-refractivity contribution in [3.05, 3.63) is 63.6 Å². The number of benzene rings is 2. The topological polar surface area (TPSA) is 95.9 Å². The molecule has 0 saturated carbocycles. The zero-order chi connectivity index (χ0) is 20.2. The zero-order valence-corrected chi connectivity index (χ0v) is 17.0. The van der Waals surface area contributed by atoms with Crippen molar-refractivity contribution < 1.29 is 24.5 Å². The van der Waals surface area contributed by atoms with Gasteiger partial charge in [-0.1, -0.05) is 36.4 Å². The Kier molecular flexibility index (Phi) is 10.1. The van der Waals surface area contributed by atoms with Gasteiger partial charge in [0.25, 0.3) is 0 Å². The summed E-state index contributed by atoms with van der Waals surface area (Å²) in [5.74, 6) is -2.69. The van der Waals surface area contributed by atoms with E-state index in [0.29, 0.717) is 0 Å². The van der Waals surface area contributed by atoms with Crippen LogP contribution in [0.2, 0.25) is 0 Å². The van der Waals surface area contributed by atoms with E-state index in [4.69, 9.17) is 24.5 Å². The second-order valence-corrected chi connectivity index (χ2v) is 6.72. The normalized spacial score (nSPS) is 9.89. The molecule has 0 aliphatic rings. The molecule has 0 radical (unpaired) electrons. The van der Waals surface area contributed by atoms with Gasteiger partial charge in [-0.05, 0) is 65.5 Å². The lowest BCUT2D eigenvalue weighted by atomic mass is 10.1. The molecule has 0 heterocycles. The Labute approximate surface area is 167 Å². The number of nitrogens with one attached hydrogen (secondary N) is 1. The average Bonchev–Trinajstić information content (AvgIpc) is 2.61. The van der Waals surface area contributed by atoms with Crippen molar-refractivity contribution in [1.29, 1.82) is 0 Å². The monoisotopic (exact) mass is 437 g/mol. The van der Waals surface area contributed by atoms with Crippen molar-refractivity contribution in [2.75, 3.05) is 13.2 Å². The quantitative estimate of drug-likeness (QED) is 0.450. The first-order valence-electron chi connectivity index (χ1n) is 8.41. The third kappa shape index (κ3) is 9.21. The van der Waals surface area contributed by atoms with Crippen LogP contribution < -0.4 is 10.1 Å². The average molecular weight is 438 g/mol. The summed E-state index contributed by atoms with van der Waals surface area (Å²) < 4.78 is 6.93. The van der Waals surface area contributed by atoms with Crippen molar-refractivity contribution in [3.63, 3.8) is 0 Å². The second kappa shape index (κ2) is 12.1. The van der Waals surface area contributed by atoms with Crippen LogP contribution in [0.4, 0.5) is 0 Å². The maximum Gasteiger partial charge on any atom is 0.414 e. The number of carboxylic acids is 2. The molecule has 27 heavy (non-hydrogen) atoms. The molecular formula is C20H24BrNO5. The van der Waals surface area contributed by atoms with Crippen LogP contribution in [0.3, 0.4) is 0 Å². The lowest BCUT2D eigenvalue weighted by molar-refractivity contribution is -0.159. The predicted molar refractivity (Wildman–Crippen MR) is 107 cm³/mol. The maximum absolute atomic E-state index is 9.10. The smallest absolute Gasteiger partial charge is 0.414 e. The SMILES string of the molecule is Cc1cc(C)c(OCCCNCc2ccccc2)c(Br)c1.O=C(O)C(=O)O. The van der Waals surface area contributed by atoms with Gasteiger partial charge in [0.05, 0.1) is 11.1 Å². The fourth-order valence-corrected chi connectivity index (χ4v) is 3.07. The predicted octanol–water partition coefficient (Wildman–Crippen LogP) is 3.78. The molecule has 0 unspecified atom stereocenters. The Balaban J connectivity index is 0.000000527. The molecule has 7 heteroatoms. The van der Waals surface area contributed by atoms with Gasteiger partial charge in [0.1, 0.15) is 5.75 Å². The number of aliphatic carboxylic acids is 2. The van der Waals surface area contributed by atoms with Crippen molar-refractivity contribution in [2.24, 2.45) is 0 Å². The maximum atomic E-state index is 9.10. The Morgan fingerprint density at radius 1 is 1.07 bits per heavy atom. The summed E-state index contributed by atoms with van der Waals surface area (Å²) in [4.78, 5) is 18.2. The van der Waals surface area contributed by atoms with Gasteiger partial charge in [0, 0.05) is 6.54 Å². The molecule has 0 aromatic heterocycles. The third-order valence-corrected chi connectivity index (χ3v) is 4.06. The molecular weight excluding hydrogens is 414 g/mol. The molecule has 0 amide bonds. The van der Waals surface area contributed by atoms with E-state index in [0.717, 1.165) is 36.3 Å². The molecule has 146 valence electrons. The fraction of sp³-hybridized carbons (Fsp3) is 0.300. The minimum absolute atomic E-state index is 0.726. The second-order valence-electron chi connectivity index (χ2n) is 5.87. The number of aryl methyl sites for hydroxylation is 2. The van der Waals surface area contributed by atoms with Crippen LogP contribution in [0, 0.1) is 13.8 Å². The number of ether oxygens (including phenoxy) is 1. The van der Waals surface area contributed by atoms with Gasteiger partial charge in [-0.3, -0.25) is 0 Å². The highest BCUT2D eigenvalue weighted by Gasteiger charge is 2.06. The molecule has 0 fully saturated rings. The number of halogens is 1. The minimum atomic E-state index is -1.82. The lowest BCUT2D eigenvalue weighted by Gasteiger charge is -2.12. The van der Waals surface area contributed by atoms with Crippen molar-refractivity contribution >= 4 is 27.9 Å². The minimum Gasteiger partial charge on any atom is -0.492 e. The van der Waals surface area contributed by atoms with Crippen molar-refractivity contribution in [3.8, 4) is 5.75 Å². The first-order valence-corrected chi connectivity index (χ1v) is 9.21. The van der Waals surface area contributed by atoms with Crippen LogP contribution in [0.1, 0.15) is 23.1 Å². The van der Waals surface area contributed by atoms with Crippen molar-refractivity contribution in [2.45, 2.75) is 26.8 Å². The van der Waals surface area contributed by atoms with E-state index < -0.39 is 11.9 Å². The van der Waals surface area contributed by atoms with E-state index >= 15 is 0 Å². The van der Waals surface area contributed by atoms with Crippen molar-refractivity contribution in [1.82, 2.24) is 5.32 Å². The highest BCUT2D eigenvalue weighted by atomic mass is 79.9. The van der Waals surface area contributed by atoms with E-state index in [9.17, 15) is 0 Å². The first kappa shape index (κ1) is 22.7. The molecule has 0 bridgehead atoms. The molecule has 2 aromatic rings. The molecule has 0 aliphatic carbocycles. The zero-order valence-electron chi connectivity index (χ0n) is 15.4. The number of hydrogen-bond donors (Lipinski definition) is 3. The van der Waals surface area contributed by atoms with Crippen LogP contribution in [0.25, 0.3) is 0 Å². The molecule has 0 atom stereocenters. The summed E-state index contributed by atoms with van der Waals surface area (Å²) in [5, 5.41) is 18.2. The Morgan fingerprint density at radius 2 is 1.70 bits per heavy atom. The standard InChI is InChI=1S/C18H22BrNO.C2H2O4/c1-14-11-15(2)18(17(19)12-14)21-10-6-9-20-13-16-7-4-3-5-8-16;3-1(4)2(5)6/h3-5,7-8,11-12,20H,6,9-10,13H2,1-2H3;(H,3,4)(H,5,6). The number of hydrogen-bond acceptors (Lipinski definition) is 4. The van der Waals surface area contributed by atoms with Crippen LogP contribution >= 0.6 is 15.9 Å². The van der Waals surface area contributed by atoms with E-state index in [-0.39, 0.29) is 0 Å². The van der Waals surface area contributed by atoms with E-state index in [1.807, 2.05) is 6.07 Å². The Bertz CT molecular complexity index is 714. The van der Waals surface area contributed by atoms with Gasteiger partial charge in [-0.2, -0.15) is 0 Å². The van der Waals surface area contributed by atoms with Gasteiger partial charge in [0.15, 0.2) is 0 Å². The van der Waals surface area contributed by atoms with Crippen LogP contribution in [0.15, 0.2) is 46.9 Å². The van der Waals surface area contributed by atoms with E-state index in [1.54, 1.807) is 0 Å². The Hall–Kier alpha value is -2.38. The van der Waals surface area contributed by atoms with Gasteiger partial charge in [-0.15, -0.1) is 0 Å².